The first kappa shape index (κ1) is 12.6. The molecule has 0 unspecified atom stereocenters. The molecule has 0 saturated carbocycles. The highest BCUT2D eigenvalue weighted by atomic mass is 35.5. The zero-order valence-electron chi connectivity index (χ0n) is 8.78. The van der Waals surface area contributed by atoms with Crippen LogP contribution in [0.2, 0.25) is 5.02 Å². The molecule has 94 valence electrons. The summed E-state index contributed by atoms with van der Waals surface area (Å²) in [5, 5.41) is 3.66. The van der Waals surface area contributed by atoms with E-state index < -0.39 is 17.3 Å². The predicted octanol–water partition coefficient (Wildman–Crippen LogP) is 2.90. The van der Waals surface area contributed by atoms with Gasteiger partial charge < -0.3 is 0 Å². The summed E-state index contributed by atoms with van der Waals surface area (Å²) in [6, 6.07) is 5.70. The fraction of sp³-hybridized carbons (Fsp3) is 0.0909. The second-order valence-corrected chi connectivity index (χ2v) is 3.88. The van der Waals surface area contributed by atoms with Crippen LogP contribution in [0.1, 0.15) is 5.56 Å². The van der Waals surface area contributed by atoms with Crippen molar-refractivity contribution in [1.29, 1.82) is 0 Å². The Bertz CT molecular complexity index is 637. The summed E-state index contributed by atoms with van der Waals surface area (Å²) in [5.74, 6) is 0. The van der Waals surface area contributed by atoms with E-state index in [0.29, 0.717) is 4.68 Å². The molecule has 0 N–H and O–H groups in total. The molecule has 0 spiro atoms. The van der Waals surface area contributed by atoms with Crippen molar-refractivity contribution in [2.24, 2.45) is 0 Å². The minimum Gasteiger partial charge on any atom is -0.267 e. The number of benzene rings is 1. The maximum absolute atomic E-state index is 12.8. The topological polar surface area (TPSA) is 34.9 Å². The lowest BCUT2D eigenvalue weighted by Gasteiger charge is -2.12. The average molecular weight is 275 g/mol. The molecule has 0 radical (unpaired) electrons. The zero-order valence-corrected chi connectivity index (χ0v) is 9.53. The van der Waals surface area contributed by atoms with E-state index in [1.165, 1.54) is 18.2 Å². The lowest BCUT2D eigenvalue weighted by atomic mass is 10.1. The van der Waals surface area contributed by atoms with E-state index in [-0.39, 0.29) is 10.7 Å². The summed E-state index contributed by atoms with van der Waals surface area (Å²) in [7, 11) is 0. The van der Waals surface area contributed by atoms with Gasteiger partial charge in [0.1, 0.15) is 0 Å². The lowest BCUT2D eigenvalue weighted by molar-refractivity contribution is -0.137. The second kappa shape index (κ2) is 4.45. The first-order valence-corrected chi connectivity index (χ1v) is 5.19. The fourth-order valence-corrected chi connectivity index (χ4v) is 1.60. The van der Waals surface area contributed by atoms with E-state index in [9.17, 15) is 18.0 Å². The van der Waals surface area contributed by atoms with Gasteiger partial charge >= 0.3 is 6.18 Å². The number of nitrogens with zero attached hydrogens (tertiary/aromatic N) is 2. The Labute approximate surface area is 104 Å². The SMILES string of the molecule is O=c1cc(Cl)cnn1-c1ccccc1C(F)(F)F. The van der Waals surface area contributed by atoms with E-state index >= 15 is 0 Å². The summed E-state index contributed by atoms with van der Waals surface area (Å²) in [6.45, 7) is 0. The van der Waals surface area contributed by atoms with Gasteiger partial charge in [0.05, 0.1) is 22.5 Å². The zero-order chi connectivity index (χ0) is 13.3. The van der Waals surface area contributed by atoms with Gasteiger partial charge in [0.2, 0.25) is 0 Å². The Morgan fingerprint density at radius 3 is 2.50 bits per heavy atom. The molecule has 0 bridgehead atoms. The molecule has 1 aromatic carbocycles. The number of rotatable bonds is 1. The van der Waals surface area contributed by atoms with Crippen molar-refractivity contribution in [2.75, 3.05) is 0 Å². The van der Waals surface area contributed by atoms with Gasteiger partial charge in [-0.2, -0.15) is 23.0 Å². The van der Waals surface area contributed by atoms with Crippen LogP contribution < -0.4 is 5.56 Å². The first-order valence-electron chi connectivity index (χ1n) is 4.81. The van der Waals surface area contributed by atoms with E-state index in [2.05, 4.69) is 5.10 Å². The highest BCUT2D eigenvalue weighted by Gasteiger charge is 2.34. The van der Waals surface area contributed by atoms with Gasteiger partial charge in [0.15, 0.2) is 0 Å². The average Bonchev–Trinajstić information content (AvgIpc) is 2.28. The van der Waals surface area contributed by atoms with E-state index in [1.54, 1.807) is 0 Å². The summed E-state index contributed by atoms with van der Waals surface area (Å²) in [6.07, 6.45) is -3.45. The molecular formula is C11H6ClF3N2O. The molecule has 1 heterocycles. The van der Waals surface area contributed by atoms with Crippen molar-refractivity contribution in [3.05, 3.63) is 57.5 Å². The maximum atomic E-state index is 12.8. The van der Waals surface area contributed by atoms with Crippen molar-refractivity contribution >= 4 is 11.6 Å². The molecule has 0 atom stereocenters. The third kappa shape index (κ3) is 2.38. The third-order valence-electron chi connectivity index (χ3n) is 2.20. The van der Waals surface area contributed by atoms with E-state index in [1.807, 2.05) is 0 Å². The van der Waals surface area contributed by atoms with Crippen LogP contribution in [0.4, 0.5) is 13.2 Å². The Kier molecular flexibility index (Phi) is 3.13. The molecule has 0 aliphatic rings. The molecule has 0 aliphatic carbocycles. The number of alkyl halides is 3. The maximum Gasteiger partial charge on any atom is 0.418 e. The number of hydrogen-bond acceptors (Lipinski definition) is 2. The fourth-order valence-electron chi connectivity index (χ4n) is 1.47. The van der Waals surface area contributed by atoms with Crippen LogP contribution in [0.3, 0.4) is 0 Å². The quantitative estimate of drug-likeness (QED) is 0.801. The van der Waals surface area contributed by atoms with Crippen LogP contribution in [0.25, 0.3) is 5.69 Å². The van der Waals surface area contributed by atoms with Crippen LogP contribution in [-0.2, 0) is 6.18 Å². The summed E-state index contributed by atoms with van der Waals surface area (Å²) in [5.41, 5.74) is -1.98. The van der Waals surface area contributed by atoms with Crippen molar-refractivity contribution in [2.45, 2.75) is 6.18 Å². The molecule has 0 saturated heterocycles. The molecule has 18 heavy (non-hydrogen) atoms. The van der Waals surface area contributed by atoms with Gasteiger partial charge in [-0.1, -0.05) is 23.7 Å². The molecular weight excluding hydrogens is 269 g/mol. The smallest absolute Gasteiger partial charge is 0.267 e. The Balaban J connectivity index is 2.69. The standard InChI is InChI=1S/C11H6ClF3N2O/c12-7-5-10(18)17(16-6-7)9-4-2-1-3-8(9)11(13,14)15/h1-6H. The molecule has 2 rings (SSSR count). The van der Waals surface area contributed by atoms with Crippen molar-refractivity contribution < 1.29 is 13.2 Å². The molecule has 2 aromatic rings. The van der Waals surface area contributed by atoms with E-state index in [0.717, 1.165) is 18.3 Å². The highest BCUT2D eigenvalue weighted by Crippen LogP contribution is 2.32. The van der Waals surface area contributed by atoms with Gasteiger partial charge in [0, 0.05) is 6.07 Å². The van der Waals surface area contributed by atoms with Gasteiger partial charge in [0.25, 0.3) is 5.56 Å². The second-order valence-electron chi connectivity index (χ2n) is 3.44. The van der Waals surface area contributed by atoms with Gasteiger partial charge in [-0.05, 0) is 12.1 Å². The summed E-state index contributed by atoms with van der Waals surface area (Å²) < 4.78 is 39.0. The Morgan fingerprint density at radius 2 is 1.89 bits per heavy atom. The largest absolute Gasteiger partial charge is 0.418 e. The van der Waals surface area contributed by atoms with Crippen molar-refractivity contribution in [3.63, 3.8) is 0 Å². The van der Waals surface area contributed by atoms with Crippen molar-refractivity contribution in [1.82, 2.24) is 9.78 Å². The first-order chi connectivity index (χ1) is 8.39. The van der Waals surface area contributed by atoms with Crippen LogP contribution in [-0.4, -0.2) is 9.78 Å². The molecule has 0 amide bonds. The Morgan fingerprint density at radius 1 is 1.22 bits per heavy atom. The third-order valence-corrected chi connectivity index (χ3v) is 2.41. The van der Waals surface area contributed by atoms with Crippen LogP contribution in [0.15, 0.2) is 41.3 Å². The molecule has 3 nitrogen and oxygen atoms in total. The van der Waals surface area contributed by atoms with E-state index in [4.69, 9.17) is 11.6 Å². The summed E-state index contributed by atoms with van der Waals surface area (Å²) in [4.78, 5) is 11.6. The number of para-hydroxylation sites is 1. The van der Waals surface area contributed by atoms with Crippen LogP contribution in [0.5, 0.6) is 0 Å². The minimum absolute atomic E-state index is 0.0701. The monoisotopic (exact) mass is 274 g/mol. The molecule has 7 heteroatoms. The van der Waals surface area contributed by atoms with Gasteiger partial charge in [-0.15, -0.1) is 0 Å². The van der Waals surface area contributed by atoms with Gasteiger partial charge in [-0.25, -0.2) is 0 Å². The minimum atomic E-state index is -4.56. The molecule has 1 aromatic heterocycles. The molecule has 0 aliphatic heterocycles. The van der Waals surface area contributed by atoms with Gasteiger partial charge in [-0.3, -0.25) is 4.79 Å². The normalized spacial score (nSPS) is 11.6. The highest BCUT2D eigenvalue weighted by molar-refractivity contribution is 6.30. The molecule has 0 fully saturated rings. The number of aromatic nitrogens is 2. The van der Waals surface area contributed by atoms with Crippen molar-refractivity contribution in [3.8, 4) is 5.69 Å². The summed E-state index contributed by atoms with van der Waals surface area (Å²) >= 11 is 5.54. The number of hydrogen-bond donors (Lipinski definition) is 0. The predicted molar refractivity (Wildman–Crippen MR) is 59.8 cm³/mol. The van der Waals surface area contributed by atoms with Crippen LogP contribution in [0, 0.1) is 0 Å². The lowest BCUT2D eigenvalue weighted by Crippen LogP contribution is -2.23. The van der Waals surface area contributed by atoms with Crippen LogP contribution >= 0.6 is 11.6 Å². The number of halogens is 4. The Hall–Kier alpha value is -1.82.